The third kappa shape index (κ3) is 3.21. The Hall–Kier alpha value is -1.35. The van der Waals surface area contributed by atoms with Crippen LogP contribution in [0.25, 0.3) is 0 Å². The number of nitrogens with one attached hydrogen (secondary N) is 1. The van der Waals surface area contributed by atoms with Crippen LogP contribution >= 0.6 is 0 Å². The van der Waals surface area contributed by atoms with E-state index in [4.69, 9.17) is 0 Å². The predicted octanol–water partition coefficient (Wildman–Crippen LogP) is 2.68. The lowest BCUT2D eigenvalue weighted by atomic mass is 9.94. The highest BCUT2D eigenvalue weighted by Crippen LogP contribution is 2.22. The lowest BCUT2D eigenvalue weighted by Crippen LogP contribution is -2.40. The summed E-state index contributed by atoms with van der Waals surface area (Å²) in [6.07, 6.45) is 2.22. The molecule has 0 aromatic heterocycles. The van der Waals surface area contributed by atoms with E-state index in [2.05, 4.69) is 24.4 Å². The Morgan fingerprint density at radius 3 is 2.25 bits per heavy atom. The van der Waals surface area contributed by atoms with Crippen LogP contribution in [-0.4, -0.2) is 37.5 Å². The molecule has 110 valence electrons. The van der Waals surface area contributed by atoms with Crippen LogP contribution in [-0.2, 0) is 0 Å². The topological polar surface area (TPSA) is 32.3 Å². The van der Waals surface area contributed by atoms with Crippen molar-refractivity contribution in [3.05, 3.63) is 34.4 Å². The molecule has 1 aliphatic rings. The molecular weight excluding hydrogens is 248 g/mol. The van der Waals surface area contributed by atoms with Gasteiger partial charge in [0.2, 0.25) is 0 Å². The summed E-state index contributed by atoms with van der Waals surface area (Å²) in [4.78, 5) is 14.8. The highest BCUT2D eigenvalue weighted by molar-refractivity contribution is 5.97. The lowest BCUT2D eigenvalue weighted by Gasteiger charge is -2.32. The van der Waals surface area contributed by atoms with E-state index in [0.29, 0.717) is 5.92 Å². The minimum Gasteiger partial charge on any atom is -0.339 e. The van der Waals surface area contributed by atoms with Gasteiger partial charge in [0.1, 0.15) is 0 Å². The molecule has 3 nitrogen and oxygen atoms in total. The van der Waals surface area contributed by atoms with Crippen molar-refractivity contribution in [2.24, 2.45) is 5.92 Å². The zero-order chi connectivity index (χ0) is 14.7. The molecule has 1 fully saturated rings. The summed E-state index contributed by atoms with van der Waals surface area (Å²) >= 11 is 0. The highest BCUT2D eigenvalue weighted by Gasteiger charge is 2.25. The summed E-state index contributed by atoms with van der Waals surface area (Å²) in [5, 5.41) is 3.23. The molecule has 1 saturated heterocycles. The highest BCUT2D eigenvalue weighted by atomic mass is 16.2. The lowest BCUT2D eigenvalue weighted by molar-refractivity contribution is 0.0689. The van der Waals surface area contributed by atoms with Gasteiger partial charge in [0, 0.05) is 18.7 Å². The third-order valence-corrected chi connectivity index (χ3v) is 4.29. The van der Waals surface area contributed by atoms with Crippen LogP contribution in [0.5, 0.6) is 0 Å². The Balaban J connectivity index is 2.10. The number of amides is 1. The molecule has 2 rings (SSSR count). The predicted molar refractivity (Wildman–Crippen MR) is 83.2 cm³/mol. The number of hydrogen-bond donors (Lipinski definition) is 1. The molecule has 1 aromatic rings. The van der Waals surface area contributed by atoms with E-state index in [0.717, 1.165) is 49.2 Å². The quantitative estimate of drug-likeness (QED) is 0.919. The van der Waals surface area contributed by atoms with Gasteiger partial charge in [-0.1, -0.05) is 17.7 Å². The van der Waals surface area contributed by atoms with Crippen LogP contribution in [0, 0.1) is 26.7 Å². The molecule has 0 unspecified atom stereocenters. The molecule has 1 amide bonds. The fourth-order valence-electron chi connectivity index (χ4n) is 3.30. The molecule has 1 N–H and O–H groups in total. The van der Waals surface area contributed by atoms with Gasteiger partial charge in [-0.25, -0.2) is 0 Å². The maximum atomic E-state index is 12.7. The van der Waals surface area contributed by atoms with E-state index in [-0.39, 0.29) is 5.91 Å². The van der Waals surface area contributed by atoms with Crippen LogP contribution in [0.1, 0.15) is 39.9 Å². The van der Waals surface area contributed by atoms with Crippen molar-refractivity contribution < 1.29 is 4.79 Å². The van der Waals surface area contributed by atoms with Crippen molar-refractivity contribution in [3.8, 4) is 0 Å². The number of carbonyl (C=O) groups excluding carboxylic acids is 1. The first-order chi connectivity index (χ1) is 9.52. The minimum atomic E-state index is 0.211. The van der Waals surface area contributed by atoms with Gasteiger partial charge in [-0.05, 0) is 64.3 Å². The summed E-state index contributed by atoms with van der Waals surface area (Å²) in [5.41, 5.74) is 4.33. The smallest absolute Gasteiger partial charge is 0.254 e. The molecule has 0 radical (unpaired) electrons. The van der Waals surface area contributed by atoms with E-state index in [1.165, 1.54) is 5.56 Å². The van der Waals surface area contributed by atoms with E-state index in [1.54, 1.807) is 0 Å². The van der Waals surface area contributed by atoms with E-state index < -0.39 is 0 Å². The van der Waals surface area contributed by atoms with Crippen molar-refractivity contribution >= 4 is 5.91 Å². The molecule has 0 spiro atoms. The number of benzene rings is 1. The molecule has 1 aromatic carbocycles. The second kappa shape index (κ2) is 6.40. The first-order valence-electron chi connectivity index (χ1n) is 7.54. The summed E-state index contributed by atoms with van der Waals surface area (Å²) < 4.78 is 0. The van der Waals surface area contributed by atoms with Gasteiger partial charge < -0.3 is 10.2 Å². The molecule has 0 saturated carbocycles. The Labute approximate surface area is 122 Å². The zero-order valence-corrected chi connectivity index (χ0v) is 13.1. The standard InChI is InChI=1S/C17H26N2O/c1-12-9-13(2)16(14(3)10-12)17(20)19-7-5-15(6-8-19)11-18-4/h9-10,15,18H,5-8,11H2,1-4H3. The van der Waals surface area contributed by atoms with Gasteiger partial charge in [0.15, 0.2) is 0 Å². The second-order valence-corrected chi connectivity index (χ2v) is 6.07. The molecule has 0 atom stereocenters. The summed E-state index contributed by atoms with van der Waals surface area (Å²) in [6, 6.07) is 4.21. The fourth-order valence-corrected chi connectivity index (χ4v) is 3.30. The second-order valence-electron chi connectivity index (χ2n) is 6.07. The first kappa shape index (κ1) is 15.0. The van der Waals surface area contributed by atoms with Crippen LogP contribution in [0.15, 0.2) is 12.1 Å². The Bertz CT molecular complexity index is 465. The van der Waals surface area contributed by atoms with Crippen molar-refractivity contribution in [1.29, 1.82) is 0 Å². The Kier molecular flexibility index (Phi) is 4.81. The van der Waals surface area contributed by atoms with Crippen LogP contribution in [0.4, 0.5) is 0 Å². The summed E-state index contributed by atoms with van der Waals surface area (Å²) in [5.74, 6) is 0.923. The number of nitrogens with zero attached hydrogens (tertiary/aromatic N) is 1. The van der Waals surface area contributed by atoms with E-state index in [9.17, 15) is 4.79 Å². The van der Waals surface area contributed by atoms with Gasteiger partial charge in [-0.15, -0.1) is 0 Å². The molecule has 1 heterocycles. The summed E-state index contributed by atoms with van der Waals surface area (Å²) in [6.45, 7) is 9.00. The molecule has 20 heavy (non-hydrogen) atoms. The van der Waals surface area contributed by atoms with E-state index in [1.807, 2.05) is 25.8 Å². The van der Waals surface area contributed by atoms with Gasteiger partial charge in [-0.3, -0.25) is 4.79 Å². The van der Waals surface area contributed by atoms with Gasteiger partial charge in [0.25, 0.3) is 5.91 Å². The minimum absolute atomic E-state index is 0.211. The van der Waals surface area contributed by atoms with Crippen molar-refractivity contribution in [2.75, 3.05) is 26.7 Å². The number of hydrogen-bond acceptors (Lipinski definition) is 2. The summed E-state index contributed by atoms with van der Waals surface area (Å²) in [7, 11) is 2.00. The monoisotopic (exact) mass is 274 g/mol. The number of rotatable bonds is 3. The average Bonchev–Trinajstić information content (AvgIpc) is 2.38. The normalized spacial score (nSPS) is 16.5. The molecule has 0 aliphatic carbocycles. The van der Waals surface area contributed by atoms with Gasteiger partial charge in [-0.2, -0.15) is 0 Å². The average molecular weight is 274 g/mol. The van der Waals surface area contributed by atoms with Gasteiger partial charge in [0.05, 0.1) is 0 Å². The third-order valence-electron chi connectivity index (χ3n) is 4.29. The fraction of sp³-hybridized carbons (Fsp3) is 0.588. The van der Waals surface area contributed by atoms with Crippen molar-refractivity contribution in [3.63, 3.8) is 0 Å². The Morgan fingerprint density at radius 2 is 1.75 bits per heavy atom. The largest absolute Gasteiger partial charge is 0.339 e. The number of likely N-dealkylation sites (tertiary alicyclic amines) is 1. The molecule has 1 aliphatic heterocycles. The first-order valence-corrected chi connectivity index (χ1v) is 7.54. The molecule has 0 bridgehead atoms. The van der Waals surface area contributed by atoms with Crippen molar-refractivity contribution in [1.82, 2.24) is 10.2 Å². The Morgan fingerprint density at radius 1 is 1.20 bits per heavy atom. The van der Waals surface area contributed by atoms with Crippen LogP contribution in [0.2, 0.25) is 0 Å². The molecular formula is C17H26N2O. The molecule has 3 heteroatoms. The maximum absolute atomic E-state index is 12.7. The number of piperidine rings is 1. The van der Waals surface area contributed by atoms with Crippen LogP contribution in [0.3, 0.4) is 0 Å². The number of carbonyl (C=O) groups is 1. The van der Waals surface area contributed by atoms with Crippen molar-refractivity contribution in [2.45, 2.75) is 33.6 Å². The van der Waals surface area contributed by atoms with Crippen LogP contribution < -0.4 is 5.32 Å². The number of aryl methyl sites for hydroxylation is 3. The van der Waals surface area contributed by atoms with E-state index >= 15 is 0 Å². The zero-order valence-electron chi connectivity index (χ0n) is 13.1. The maximum Gasteiger partial charge on any atom is 0.254 e. The SMILES string of the molecule is CNCC1CCN(C(=O)c2c(C)cc(C)cc2C)CC1. The van der Waals surface area contributed by atoms with Gasteiger partial charge >= 0.3 is 0 Å².